The van der Waals surface area contributed by atoms with Crippen LogP contribution in [0.3, 0.4) is 0 Å². The van der Waals surface area contributed by atoms with Crippen LogP contribution in [0.5, 0.6) is 5.75 Å². The third-order valence-corrected chi connectivity index (χ3v) is 5.23. The molecule has 1 aliphatic heterocycles. The Labute approximate surface area is 171 Å². The molecule has 0 aromatic heterocycles. The Hall–Kier alpha value is -3.53. The Morgan fingerprint density at radius 2 is 1.79 bits per heavy atom. The van der Waals surface area contributed by atoms with Crippen molar-refractivity contribution in [1.82, 2.24) is 0 Å². The third-order valence-electron chi connectivity index (χ3n) is 5.23. The van der Waals surface area contributed by atoms with Crippen molar-refractivity contribution in [2.75, 3.05) is 10.6 Å². The Kier molecular flexibility index (Phi) is 5.09. The number of rotatable bonds is 4. The first kappa shape index (κ1) is 18.8. The quantitative estimate of drug-likeness (QED) is 0.502. The average molecular weight is 384 g/mol. The van der Waals surface area contributed by atoms with E-state index in [-0.39, 0.29) is 5.91 Å². The van der Waals surface area contributed by atoms with Gasteiger partial charge >= 0.3 is 0 Å². The molecule has 1 amide bonds. The zero-order valence-corrected chi connectivity index (χ0v) is 16.7. The summed E-state index contributed by atoms with van der Waals surface area (Å²) in [6.07, 6.45) is 2.78. The van der Waals surface area contributed by atoms with Crippen molar-refractivity contribution in [3.63, 3.8) is 0 Å². The second-order valence-corrected chi connectivity index (χ2v) is 7.25. The van der Waals surface area contributed by atoms with Gasteiger partial charge in [0.2, 0.25) is 0 Å². The number of nitrogen functional groups attached to an aromatic ring is 1. The second kappa shape index (κ2) is 7.84. The molecule has 0 aliphatic carbocycles. The van der Waals surface area contributed by atoms with Crippen molar-refractivity contribution >= 4 is 23.4 Å². The summed E-state index contributed by atoms with van der Waals surface area (Å²) in [4.78, 5) is 15.1. The van der Waals surface area contributed by atoms with Gasteiger partial charge in [-0.25, -0.2) is 0 Å². The Balaban J connectivity index is 1.74. The molecule has 0 unspecified atom stereocenters. The van der Waals surface area contributed by atoms with Crippen molar-refractivity contribution in [2.45, 2.75) is 26.8 Å². The minimum absolute atomic E-state index is 0.175. The largest absolute Gasteiger partial charge is 0.449 e. The van der Waals surface area contributed by atoms with Gasteiger partial charge in [0.05, 0.1) is 12.2 Å². The predicted octanol–water partition coefficient (Wildman–Crippen LogP) is 5.11. The molecule has 1 heterocycles. The monoisotopic (exact) mass is 384 g/mol. The van der Waals surface area contributed by atoms with E-state index in [1.807, 2.05) is 49.4 Å². The lowest BCUT2D eigenvalue weighted by atomic mass is 10.1. The molecule has 4 rings (SSSR count). The lowest BCUT2D eigenvalue weighted by Crippen LogP contribution is -2.37. The normalized spacial score (nSPS) is 14.6. The first-order valence-corrected chi connectivity index (χ1v) is 9.79. The summed E-state index contributed by atoms with van der Waals surface area (Å²) in [7, 11) is 0. The first-order valence-electron chi connectivity index (χ1n) is 9.79. The molecule has 4 heteroatoms. The van der Waals surface area contributed by atoms with Crippen LogP contribution < -0.4 is 15.4 Å². The number of carbonyl (C=O) groups excluding carboxylic acids is 1. The molecule has 0 saturated heterocycles. The number of fused-ring (bicyclic) bond motifs is 1. The average Bonchev–Trinajstić information content (AvgIpc) is 2.73. The third kappa shape index (κ3) is 3.87. The SMILES string of the molecule is CCc1ccc(/C=C2/Oc3ccc(N)cc3N(Cc3ccccc3C)C2=O)cc1. The van der Waals surface area contributed by atoms with Crippen LogP contribution in [0.1, 0.15) is 29.2 Å². The van der Waals surface area contributed by atoms with Crippen LogP contribution in [0.2, 0.25) is 0 Å². The van der Waals surface area contributed by atoms with Crippen molar-refractivity contribution in [3.05, 3.63) is 94.7 Å². The van der Waals surface area contributed by atoms with Gasteiger partial charge in [0.25, 0.3) is 5.91 Å². The number of carbonyl (C=O) groups is 1. The highest BCUT2D eigenvalue weighted by Crippen LogP contribution is 2.38. The molecule has 3 aromatic rings. The van der Waals surface area contributed by atoms with Crippen molar-refractivity contribution < 1.29 is 9.53 Å². The molecule has 0 atom stereocenters. The maximum Gasteiger partial charge on any atom is 0.294 e. The van der Waals surface area contributed by atoms with E-state index in [4.69, 9.17) is 10.5 Å². The van der Waals surface area contributed by atoms with E-state index in [9.17, 15) is 4.79 Å². The van der Waals surface area contributed by atoms with Crippen LogP contribution >= 0.6 is 0 Å². The number of nitrogens with zero attached hydrogens (tertiary/aromatic N) is 1. The van der Waals surface area contributed by atoms with Crippen LogP contribution in [0.25, 0.3) is 6.08 Å². The number of nitrogens with two attached hydrogens (primary N) is 1. The first-order chi connectivity index (χ1) is 14.0. The number of ether oxygens (including phenoxy) is 1. The summed E-state index contributed by atoms with van der Waals surface area (Å²) in [5, 5.41) is 0. The van der Waals surface area contributed by atoms with Crippen LogP contribution in [0, 0.1) is 6.92 Å². The molecule has 0 spiro atoms. The molecule has 4 nitrogen and oxygen atoms in total. The Bertz CT molecular complexity index is 1080. The van der Waals surface area contributed by atoms with E-state index >= 15 is 0 Å². The highest BCUT2D eigenvalue weighted by atomic mass is 16.5. The summed E-state index contributed by atoms with van der Waals surface area (Å²) in [6, 6.07) is 21.6. The molecular weight excluding hydrogens is 360 g/mol. The van der Waals surface area contributed by atoms with E-state index in [2.05, 4.69) is 19.1 Å². The number of anilines is 2. The molecular formula is C25H24N2O2. The summed E-state index contributed by atoms with van der Waals surface area (Å²) in [6.45, 7) is 4.62. The van der Waals surface area contributed by atoms with E-state index in [0.29, 0.717) is 29.4 Å². The number of amides is 1. The fraction of sp³-hybridized carbons (Fsp3) is 0.160. The van der Waals surface area contributed by atoms with Crippen LogP contribution in [-0.4, -0.2) is 5.91 Å². The van der Waals surface area contributed by atoms with Crippen molar-refractivity contribution in [1.29, 1.82) is 0 Å². The van der Waals surface area contributed by atoms with Gasteiger partial charge in [0, 0.05) is 5.69 Å². The van der Waals surface area contributed by atoms with Gasteiger partial charge in [-0.05, 0) is 59.9 Å². The lowest BCUT2D eigenvalue weighted by molar-refractivity contribution is -0.117. The highest BCUT2D eigenvalue weighted by molar-refractivity contribution is 6.10. The van der Waals surface area contributed by atoms with Gasteiger partial charge in [0.15, 0.2) is 11.5 Å². The maximum absolute atomic E-state index is 13.3. The fourth-order valence-electron chi connectivity index (χ4n) is 3.44. The van der Waals surface area contributed by atoms with Gasteiger partial charge < -0.3 is 10.5 Å². The standard InChI is InChI=1S/C25H24N2O2/c1-3-18-8-10-19(11-9-18)14-24-25(28)27(16-20-7-5-4-6-17(20)2)22-15-21(26)12-13-23(22)29-24/h4-15H,3,16,26H2,1-2H3/b24-14+. The van der Waals surface area contributed by atoms with Crippen molar-refractivity contribution in [2.24, 2.45) is 0 Å². The molecule has 146 valence electrons. The van der Waals surface area contributed by atoms with E-state index < -0.39 is 0 Å². The lowest BCUT2D eigenvalue weighted by Gasteiger charge is -2.31. The van der Waals surface area contributed by atoms with Crippen LogP contribution in [0.15, 0.2) is 72.5 Å². The summed E-state index contributed by atoms with van der Waals surface area (Å²) in [5.74, 6) is 0.759. The second-order valence-electron chi connectivity index (χ2n) is 7.25. The van der Waals surface area contributed by atoms with Gasteiger partial charge in [-0.3, -0.25) is 9.69 Å². The summed E-state index contributed by atoms with van der Waals surface area (Å²) in [5.41, 5.74) is 11.7. The molecule has 29 heavy (non-hydrogen) atoms. The Morgan fingerprint density at radius 1 is 1.03 bits per heavy atom. The fourth-order valence-corrected chi connectivity index (χ4v) is 3.44. The number of hydrogen-bond donors (Lipinski definition) is 1. The zero-order chi connectivity index (χ0) is 20.4. The van der Waals surface area contributed by atoms with Gasteiger partial charge in [-0.1, -0.05) is 55.5 Å². The molecule has 0 bridgehead atoms. The molecule has 2 N–H and O–H groups in total. The van der Waals surface area contributed by atoms with E-state index in [1.165, 1.54) is 5.56 Å². The predicted molar refractivity (Wildman–Crippen MR) is 118 cm³/mol. The van der Waals surface area contributed by atoms with E-state index in [0.717, 1.165) is 23.1 Å². The molecule has 0 fully saturated rings. The molecule has 0 radical (unpaired) electrons. The van der Waals surface area contributed by atoms with Gasteiger partial charge in [-0.2, -0.15) is 0 Å². The van der Waals surface area contributed by atoms with Gasteiger partial charge in [0.1, 0.15) is 0 Å². The van der Waals surface area contributed by atoms with Crippen LogP contribution in [0.4, 0.5) is 11.4 Å². The minimum Gasteiger partial charge on any atom is -0.449 e. The highest BCUT2D eigenvalue weighted by Gasteiger charge is 2.30. The smallest absolute Gasteiger partial charge is 0.294 e. The molecule has 1 aliphatic rings. The molecule has 3 aromatic carbocycles. The van der Waals surface area contributed by atoms with Crippen LogP contribution in [-0.2, 0) is 17.8 Å². The molecule has 0 saturated carbocycles. The maximum atomic E-state index is 13.3. The Morgan fingerprint density at radius 3 is 2.52 bits per heavy atom. The summed E-state index contributed by atoms with van der Waals surface area (Å²) >= 11 is 0. The number of aryl methyl sites for hydroxylation is 2. The van der Waals surface area contributed by atoms with E-state index in [1.54, 1.807) is 23.1 Å². The summed E-state index contributed by atoms with van der Waals surface area (Å²) < 4.78 is 5.97. The topological polar surface area (TPSA) is 55.6 Å². The zero-order valence-electron chi connectivity index (χ0n) is 16.7. The number of hydrogen-bond acceptors (Lipinski definition) is 3. The minimum atomic E-state index is -0.175. The van der Waals surface area contributed by atoms with Gasteiger partial charge in [-0.15, -0.1) is 0 Å². The van der Waals surface area contributed by atoms with Crippen molar-refractivity contribution in [3.8, 4) is 5.75 Å². The number of benzene rings is 3.